The molecule has 146 valence electrons. The van der Waals surface area contributed by atoms with Crippen LogP contribution in [0, 0.1) is 10.1 Å². The Labute approximate surface area is 169 Å². The van der Waals surface area contributed by atoms with Crippen molar-refractivity contribution in [2.75, 3.05) is 17.2 Å². The summed E-state index contributed by atoms with van der Waals surface area (Å²) in [6.07, 6.45) is 1.67. The SMILES string of the molecule is C=CCNc1nc(-c2ccccc2)c([C@]2(O)C(=O)Nc3ccc([N+](=O)[O-])cc32)s1. The lowest BCUT2D eigenvalue weighted by Gasteiger charge is -2.20. The first kappa shape index (κ1) is 18.8. The smallest absolute Gasteiger partial charge is 0.269 e. The lowest BCUT2D eigenvalue weighted by Crippen LogP contribution is -2.35. The van der Waals surface area contributed by atoms with Gasteiger partial charge in [0, 0.05) is 35.5 Å². The average molecular weight is 408 g/mol. The molecule has 1 amide bonds. The van der Waals surface area contributed by atoms with Crippen molar-refractivity contribution in [3.63, 3.8) is 0 Å². The topological polar surface area (TPSA) is 117 Å². The third-order valence-corrected chi connectivity index (χ3v) is 5.70. The number of aliphatic hydroxyl groups is 1. The van der Waals surface area contributed by atoms with Crippen LogP contribution in [0.25, 0.3) is 11.3 Å². The number of hydrogen-bond acceptors (Lipinski definition) is 7. The van der Waals surface area contributed by atoms with E-state index in [0.29, 0.717) is 28.6 Å². The van der Waals surface area contributed by atoms with Crippen LogP contribution in [0.1, 0.15) is 10.4 Å². The van der Waals surface area contributed by atoms with Crippen molar-refractivity contribution < 1.29 is 14.8 Å². The van der Waals surface area contributed by atoms with E-state index in [4.69, 9.17) is 0 Å². The highest BCUT2D eigenvalue weighted by atomic mass is 32.1. The van der Waals surface area contributed by atoms with Crippen LogP contribution in [0.3, 0.4) is 0 Å². The zero-order valence-corrected chi connectivity index (χ0v) is 15.9. The molecule has 9 heteroatoms. The van der Waals surface area contributed by atoms with E-state index in [9.17, 15) is 20.0 Å². The second-order valence-electron chi connectivity index (χ2n) is 6.38. The number of hydrogen-bond donors (Lipinski definition) is 3. The molecule has 0 saturated heterocycles. The summed E-state index contributed by atoms with van der Waals surface area (Å²) < 4.78 is 0. The fraction of sp³-hybridized carbons (Fsp3) is 0.100. The summed E-state index contributed by atoms with van der Waals surface area (Å²) in [5.41, 5.74) is -0.707. The van der Waals surface area contributed by atoms with Crippen molar-refractivity contribution in [2.24, 2.45) is 0 Å². The fourth-order valence-electron chi connectivity index (χ4n) is 3.21. The molecule has 29 heavy (non-hydrogen) atoms. The second kappa shape index (κ2) is 7.12. The van der Waals surface area contributed by atoms with Gasteiger partial charge >= 0.3 is 0 Å². The van der Waals surface area contributed by atoms with Crippen molar-refractivity contribution in [1.82, 2.24) is 4.98 Å². The van der Waals surface area contributed by atoms with E-state index in [1.165, 1.54) is 18.2 Å². The first-order valence-corrected chi connectivity index (χ1v) is 9.51. The second-order valence-corrected chi connectivity index (χ2v) is 7.38. The maximum atomic E-state index is 12.9. The highest BCUT2D eigenvalue weighted by Gasteiger charge is 2.50. The van der Waals surface area contributed by atoms with Crippen molar-refractivity contribution >= 4 is 33.8 Å². The number of thiazole rings is 1. The zero-order valence-electron chi connectivity index (χ0n) is 15.1. The van der Waals surface area contributed by atoms with Crippen molar-refractivity contribution in [2.45, 2.75) is 5.60 Å². The Hall–Kier alpha value is -3.56. The van der Waals surface area contributed by atoms with E-state index in [1.54, 1.807) is 6.08 Å². The van der Waals surface area contributed by atoms with Gasteiger partial charge in [0.15, 0.2) is 5.13 Å². The van der Waals surface area contributed by atoms with Crippen molar-refractivity contribution in [3.05, 3.63) is 81.7 Å². The molecule has 3 N–H and O–H groups in total. The van der Waals surface area contributed by atoms with Crippen molar-refractivity contribution in [3.8, 4) is 11.3 Å². The molecule has 1 aliphatic rings. The third kappa shape index (κ3) is 3.06. The molecule has 0 aliphatic carbocycles. The lowest BCUT2D eigenvalue weighted by molar-refractivity contribution is -0.385. The molecule has 0 radical (unpaired) electrons. The molecule has 0 unspecified atom stereocenters. The van der Waals surface area contributed by atoms with E-state index in [2.05, 4.69) is 22.2 Å². The number of benzene rings is 2. The van der Waals surface area contributed by atoms with Gasteiger partial charge in [0.05, 0.1) is 15.5 Å². The van der Waals surface area contributed by atoms with Gasteiger partial charge in [0.1, 0.15) is 0 Å². The summed E-state index contributed by atoms with van der Waals surface area (Å²) in [7, 11) is 0. The van der Waals surface area contributed by atoms with Crippen LogP contribution in [0.2, 0.25) is 0 Å². The van der Waals surface area contributed by atoms with Gasteiger partial charge in [-0.1, -0.05) is 47.7 Å². The summed E-state index contributed by atoms with van der Waals surface area (Å²) in [5, 5.41) is 29.0. The predicted octanol–water partition coefficient (Wildman–Crippen LogP) is 3.50. The van der Waals surface area contributed by atoms with Crippen LogP contribution in [0.4, 0.5) is 16.5 Å². The largest absolute Gasteiger partial charge is 0.371 e. The Morgan fingerprint density at radius 1 is 1.31 bits per heavy atom. The number of amides is 1. The van der Waals surface area contributed by atoms with Crippen LogP contribution >= 0.6 is 11.3 Å². The first-order chi connectivity index (χ1) is 13.9. The number of carbonyl (C=O) groups is 1. The summed E-state index contributed by atoms with van der Waals surface area (Å²) in [5.74, 6) is -0.677. The molecule has 4 rings (SSSR count). The number of rotatable bonds is 6. The standard InChI is InChI=1S/C20H16N4O4S/c1-2-10-21-19-23-16(12-6-4-3-5-7-12)17(29-19)20(26)14-11-13(24(27)28)8-9-15(14)22-18(20)25/h2-9,11,26H,1,10H2,(H,21,23)(H,22,25)/t20-/m0/s1. The quantitative estimate of drug-likeness (QED) is 0.326. The highest BCUT2D eigenvalue weighted by Crippen LogP contribution is 2.48. The number of nitrogens with one attached hydrogen (secondary N) is 2. The van der Waals surface area contributed by atoms with Gasteiger partial charge in [0.25, 0.3) is 11.6 Å². The summed E-state index contributed by atoms with van der Waals surface area (Å²) in [4.78, 5) is 28.4. The number of non-ortho nitro benzene ring substituents is 1. The first-order valence-electron chi connectivity index (χ1n) is 8.69. The molecule has 0 bridgehead atoms. The molecule has 0 saturated carbocycles. The maximum Gasteiger partial charge on any atom is 0.269 e. The number of nitrogens with zero attached hydrogens (tertiary/aromatic N) is 2. The molecule has 2 heterocycles. The van der Waals surface area contributed by atoms with Crippen LogP contribution < -0.4 is 10.6 Å². The van der Waals surface area contributed by atoms with E-state index >= 15 is 0 Å². The molecule has 0 spiro atoms. The molecular formula is C20H16N4O4S. The number of aromatic nitrogens is 1. The van der Waals surface area contributed by atoms with Gasteiger partial charge in [-0.15, -0.1) is 6.58 Å². The van der Waals surface area contributed by atoms with E-state index in [1.807, 2.05) is 30.3 Å². The Kier molecular flexibility index (Phi) is 4.61. The Balaban J connectivity index is 1.93. The molecular weight excluding hydrogens is 392 g/mol. The minimum atomic E-state index is -2.10. The monoisotopic (exact) mass is 408 g/mol. The Bertz CT molecular complexity index is 1130. The van der Waals surface area contributed by atoms with E-state index in [0.717, 1.165) is 11.3 Å². The molecule has 3 aromatic rings. The van der Waals surface area contributed by atoms with Gasteiger partial charge in [-0.2, -0.15) is 0 Å². The summed E-state index contributed by atoms with van der Waals surface area (Å²) >= 11 is 1.12. The fourth-order valence-corrected chi connectivity index (χ4v) is 4.30. The van der Waals surface area contributed by atoms with Crippen LogP contribution in [0.5, 0.6) is 0 Å². The van der Waals surface area contributed by atoms with Gasteiger partial charge < -0.3 is 15.7 Å². The number of carbonyl (C=O) groups excluding carboxylic acids is 1. The Morgan fingerprint density at radius 2 is 2.07 bits per heavy atom. The summed E-state index contributed by atoms with van der Waals surface area (Å²) in [6, 6.07) is 13.1. The van der Waals surface area contributed by atoms with Gasteiger partial charge in [-0.25, -0.2) is 4.98 Å². The van der Waals surface area contributed by atoms with Gasteiger partial charge in [-0.3, -0.25) is 14.9 Å². The Morgan fingerprint density at radius 3 is 2.76 bits per heavy atom. The molecule has 1 atom stereocenters. The third-order valence-electron chi connectivity index (χ3n) is 4.58. The molecule has 1 aliphatic heterocycles. The van der Waals surface area contributed by atoms with Crippen molar-refractivity contribution in [1.29, 1.82) is 0 Å². The van der Waals surface area contributed by atoms with Gasteiger partial charge in [0.2, 0.25) is 5.60 Å². The molecule has 2 aromatic carbocycles. The molecule has 1 aromatic heterocycles. The van der Waals surface area contributed by atoms with Crippen LogP contribution in [-0.2, 0) is 10.4 Å². The molecule has 8 nitrogen and oxygen atoms in total. The lowest BCUT2D eigenvalue weighted by atomic mass is 9.90. The normalized spacial score (nSPS) is 17.5. The number of anilines is 2. The van der Waals surface area contributed by atoms with E-state index in [-0.39, 0.29) is 16.1 Å². The van der Waals surface area contributed by atoms with E-state index < -0.39 is 16.4 Å². The highest BCUT2D eigenvalue weighted by molar-refractivity contribution is 7.16. The molecule has 0 fully saturated rings. The predicted molar refractivity (Wildman–Crippen MR) is 111 cm³/mol. The zero-order chi connectivity index (χ0) is 20.6. The number of nitro groups is 1. The minimum Gasteiger partial charge on any atom is -0.371 e. The average Bonchev–Trinajstić information content (AvgIpc) is 3.27. The summed E-state index contributed by atoms with van der Waals surface area (Å²) in [6.45, 7) is 4.11. The maximum absolute atomic E-state index is 12.9. The minimum absolute atomic E-state index is 0.132. The van der Waals surface area contributed by atoms with Crippen LogP contribution in [-0.4, -0.2) is 27.5 Å². The van der Waals surface area contributed by atoms with Gasteiger partial charge in [-0.05, 0) is 6.07 Å². The number of nitro benzene ring substituents is 1. The van der Waals surface area contributed by atoms with Crippen LogP contribution in [0.15, 0.2) is 61.2 Å². The number of fused-ring (bicyclic) bond motifs is 1.